The van der Waals surface area contributed by atoms with Gasteiger partial charge in [0.05, 0.1) is 12.2 Å². The topological polar surface area (TPSA) is 59.8 Å². The van der Waals surface area contributed by atoms with E-state index in [4.69, 9.17) is 0 Å². The molecule has 0 unspecified atom stereocenters. The van der Waals surface area contributed by atoms with Gasteiger partial charge in [-0.1, -0.05) is 23.4 Å². The molecular weight excluding hydrogens is 271 g/mol. The third-order valence-electron chi connectivity index (χ3n) is 3.74. The number of nitrogens with one attached hydrogen (secondary N) is 1. The minimum absolute atomic E-state index is 0.228. The van der Waals surface area contributed by atoms with E-state index < -0.39 is 0 Å². The van der Waals surface area contributed by atoms with Crippen molar-refractivity contribution in [1.29, 1.82) is 0 Å². The lowest BCUT2D eigenvalue weighted by atomic mass is 10.1. The molecule has 0 saturated heterocycles. The Morgan fingerprint density at radius 2 is 2.24 bits per heavy atom. The van der Waals surface area contributed by atoms with Gasteiger partial charge in [0.15, 0.2) is 5.69 Å². The van der Waals surface area contributed by atoms with E-state index in [0.29, 0.717) is 18.0 Å². The summed E-state index contributed by atoms with van der Waals surface area (Å²) < 4.78 is 15.3. The molecule has 1 fully saturated rings. The summed E-state index contributed by atoms with van der Waals surface area (Å²) in [6, 6.07) is 6.21. The van der Waals surface area contributed by atoms with Crippen LogP contribution >= 0.6 is 0 Å². The van der Waals surface area contributed by atoms with E-state index >= 15 is 0 Å². The molecule has 0 aliphatic heterocycles. The van der Waals surface area contributed by atoms with Gasteiger partial charge < -0.3 is 5.32 Å². The second-order valence-electron chi connectivity index (χ2n) is 5.43. The largest absolute Gasteiger partial charge is 0.350 e. The molecule has 1 heterocycles. The molecule has 1 aromatic carbocycles. The Labute approximate surface area is 122 Å². The molecule has 1 saturated carbocycles. The average molecular weight is 288 g/mol. The van der Waals surface area contributed by atoms with E-state index in [9.17, 15) is 9.18 Å². The van der Waals surface area contributed by atoms with Crippen molar-refractivity contribution in [3.63, 3.8) is 0 Å². The Morgan fingerprint density at radius 3 is 2.95 bits per heavy atom. The van der Waals surface area contributed by atoms with Gasteiger partial charge in [-0.15, -0.1) is 5.10 Å². The lowest BCUT2D eigenvalue weighted by molar-refractivity contribution is 0.0946. The minimum atomic E-state index is -0.316. The Bertz CT molecular complexity index is 651. The molecule has 1 aliphatic rings. The summed E-state index contributed by atoms with van der Waals surface area (Å²) >= 11 is 0. The fourth-order valence-electron chi connectivity index (χ4n) is 2.18. The summed E-state index contributed by atoms with van der Waals surface area (Å²) in [6.07, 6.45) is 3.91. The fraction of sp³-hybridized carbons (Fsp3) is 0.400. The van der Waals surface area contributed by atoms with Crippen LogP contribution in [0.3, 0.4) is 0 Å². The van der Waals surface area contributed by atoms with Crippen LogP contribution in [0.15, 0.2) is 30.5 Å². The number of carbonyl (C=O) groups is 1. The quantitative estimate of drug-likeness (QED) is 0.917. The molecule has 1 N–H and O–H groups in total. The monoisotopic (exact) mass is 288 g/mol. The van der Waals surface area contributed by atoms with Gasteiger partial charge in [-0.3, -0.25) is 4.79 Å². The first-order chi connectivity index (χ1) is 10.1. The number of amides is 1. The Hall–Kier alpha value is -2.24. The summed E-state index contributed by atoms with van der Waals surface area (Å²) in [6.45, 7) is 2.51. The summed E-state index contributed by atoms with van der Waals surface area (Å²) in [5, 5.41) is 10.6. The number of rotatable bonds is 5. The second-order valence-corrected chi connectivity index (χ2v) is 5.43. The maximum atomic E-state index is 13.8. The van der Waals surface area contributed by atoms with Gasteiger partial charge in [-0.25, -0.2) is 9.07 Å². The molecule has 0 radical (unpaired) electrons. The first kappa shape index (κ1) is 13.7. The molecule has 3 rings (SSSR count). The highest BCUT2D eigenvalue weighted by molar-refractivity contribution is 5.91. The van der Waals surface area contributed by atoms with Gasteiger partial charge in [0, 0.05) is 12.1 Å². The summed E-state index contributed by atoms with van der Waals surface area (Å²) in [5.41, 5.74) is 0.783. The van der Waals surface area contributed by atoms with Crippen LogP contribution in [0.5, 0.6) is 0 Å². The summed E-state index contributed by atoms with van der Waals surface area (Å²) in [5.74, 6) is 0.0930. The molecule has 0 bridgehead atoms. The van der Waals surface area contributed by atoms with Gasteiger partial charge >= 0.3 is 0 Å². The molecule has 0 spiro atoms. The predicted molar refractivity (Wildman–Crippen MR) is 75.3 cm³/mol. The standard InChI is InChI=1S/C15H17FN4O/c1-10(12-4-2-3-5-13(12)16)20-9-14(18-19-20)15(21)17-8-11-6-7-11/h2-5,9-11H,6-8H2,1H3,(H,17,21)/t10-/m1/s1. The van der Waals surface area contributed by atoms with Crippen LogP contribution in [0.25, 0.3) is 0 Å². The zero-order valence-corrected chi connectivity index (χ0v) is 11.8. The lowest BCUT2D eigenvalue weighted by Crippen LogP contribution is -2.25. The first-order valence-electron chi connectivity index (χ1n) is 7.09. The van der Waals surface area contributed by atoms with E-state index in [1.54, 1.807) is 24.4 Å². The third kappa shape index (κ3) is 3.09. The highest BCUT2D eigenvalue weighted by atomic mass is 19.1. The van der Waals surface area contributed by atoms with Crippen LogP contribution in [-0.4, -0.2) is 27.4 Å². The smallest absolute Gasteiger partial charge is 0.273 e. The van der Waals surface area contributed by atoms with Crippen LogP contribution in [0.1, 0.15) is 41.9 Å². The van der Waals surface area contributed by atoms with E-state index in [1.807, 2.05) is 6.92 Å². The van der Waals surface area contributed by atoms with Gasteiger partial charge in [0.1, 0.15) is 5.82 Å². The molecule has 6 heteroatoms. The highest BCUT2D eigenvalue weighted by Crippen LogP contribution is 2.27. The summed E-state index contributed by atoms with van der Waals surface area (Å²) in [7, 11) is 0. The number of nitrogens with zero attached hydrogens (tertiary/aromatic N) is 3. The van der Waals surface area contributed by atoms with Gasteiger partial charge in [-0.2, -0.15) is 0 Å². The number of carbonyl (C=O) groups excluding carboxylic acids is 1. The molecule has 1 aromatic heterocycles. The number of hydrogen-bond acceptors (Lipinski definition) is 3. The molecule has 1 aliphatic carbocycles. The summed E-state index contributed by atoms with van der Waals surface area (Å²) in [4.78, 5) is 11.9. The van der Waals surface area contributed by atoms with Gasteiger partial charge in [-0.05, 0) is 31.7 Å². The second kappa shape index (κ2) is 5.63. The Morgan fingerprint density at radius 1 is 1.48 bits per heavy atom. The maximum Gasteiger partial charge on any atom is 0.273 e. The number of benzene rings is 1. The molecule has 5 nitrogen and oxygen atoms in total. The van der Waals surface area contributed by atoms with Crippen molar-refractivity contribution >= 4 is 5.91 Å². The highest BCUT2D eigenvalue weighted by Gasteiger charge is 2.23. The molecule has 1 amide bonds. The molecular formula is C15H17FN4O. The predicted octanol–water partition coefficient (Wildman–Crippen LogP) is 2.17. The number of hydrogen-bond donors (Lipinski definition) is 1. The third-order valence-corrected chi connectivity index (χ3v) is 3.74. The Kier molecular flexibility index (Phi) is 3.68. The molecule has 110 valence electrons. The average Bonchev–Trinajstić information content (AvgIpc) is 3.19. The van der Waals surface area contributed by atoms with Crippen molar-refractivity contribution in [1.82, 2.24) is 20.3 Å². The zero-order chi connectivity index (χ0) is 14.8. The van der Waals surface area contributed by atoms with Crippen LogP contribution in [0.2, 0.25) is 0 Å². The first-order valence-corrected chi connectivity index (χ1v) is 7.09. The number of aromatic nitrogens is 3. The van der Waals surface area contributed by atoms with E-state index in [2.05, 4.69) is 15.6 Å². The molecule has 1 atom stereocenters. The van der Waals surface area contributed by atoms with Crippen LogP contribution in [0, 0.1) is 11.7 Å². The van der Waals surface area contributed by atoms with Gasteiger partial charge in [0.2, 0.25) is 0 Å². The zero-order valence-electron chi connectivity index (χ0n) is 11.8. The van der Waals surface area contributed by atoms with E-state index in [0.717, 1.165) is 0 Å². The van der Waals surface area contributed by atoms with Crippen LogP contribution in [-0.2, 0) is 0 Å². The van der Waals surface area contributed by atoms with Crippen LogP contribution < -0.4 is 5.32 Å². The fourth-order valence-corrected chi connectivity index (χ4v) is 2.18. The van der Waals surface area contributed by atoms with Crippen molar-refractivity contribution in [3.8, 4) is 0 Å². The number of halogens is 1. The lowest BCUT2D eigenvalue weighted by Gasteiger charge is -2.12. The SMILES string of the molecule is C[C@H](c1ccccc1F)n1cc(C(=O)NCC2CC2)nn1. The van der Waals surface area contributed by atoms with Crippen molar-refractivity contribution in [2.45, 2.75) is 25.8 Å². The van der Waals surface area contributed by atoms with E-state index in [-0.39, 0.29) is 23.5 Å². The van der Waals surface area contributed by atoms with Crippen molar-refractivity contribution in [2.75, 3.05) is 6.54 Å². The van der Waals surface area contributed by atoms with Gasteiger partial charge in [0.25, 0.3) is 5.91 Å². The van der Waals surface area contributed by atoms with Crippen LogP contribution in [0.4, 0.5) is 4.39 Å². The molecule has 2 aromatic rings. The van der Waals surface area contributed by atoms with E-state index in [1.165, 1.54) is 23.6 Å². The minimum Gasteiger partial charge on any atom is -0.350 e. The van der Waals surface area contributed by atoms with Crippen molar-refractivity contribution in [2.24, 2.45) is 5.92 Å². The van der Waals surface area contributed by atoms with Crippen molar-refractivity contribution in [3.05, 3.63) is 47.5 Å². The van der Waals surface area contributed by atoms with Crippen molar-refractivity contribution < 1.29 is 9.18 Å². The maximum absolute atomic E-state index is 13.8. The molecule has 21 heavy (non-hydrogen) atoms. The Balaban J connectivity index is 1.71. The normalized spacial score (nSPS) is 15.7.